The molecule has 0 bridgehead atoms. The first-order chi connectivity index (χ1) is 15.5. The Kier molecular flexibility index (Phi) is 4.70. The fourth-order valence-corrected chi connectivity index (χ4v) is 4.09. The maximum absolute atomic E-state index is 14.6. The van der Waals surface area contributed by atoms with Gasteiger partial charge in [0.2, 0.25) is 0 Å². The second kappa shape index (κ2) is 7.56. The van der Waals surface area contributed by atoms with Gasteiger partial charge in [-0.25, -0.2) is 8.78 Å². The SMILES string of the molecule is O=C1C(=O)N(c2cc(F)ccc2F)C(c2cccnc2)/C1=C(/O)c1ccc2c(c1)CCO2. The third-order valence-corrected chi connectivity index (χ3v) is 5.58. The minimum Gasteiger partial charge on any atom is -0.507 e. The van der Waals surface area contributed by atoms with Crippen molar-refractivity contribution >= 4 is 23.1 Å². The van der Waals surface area contributed by atoms with Gasteiger partial charge in [0.05, 0.1) is 23.9 Å². The molecule has 8 heteroatoms. The molecule has 160 valence electrons. The first kappa shape index (κ1) is 19.9. The highest BCUT2D eigenvalue weighted by Crippen LogP contribution is 2.43. The molecule has 0 spiro atoms. The van der Waals surface area contributed by atoms with Gasteiger partial charge in [0.1, 0.15) is 23.1 Å². The molecule has 5 rings (SSSR count). The second-order valence-corrected chi connectivity index (χ2v) is 7.47. The van der Waals surface area contributed by atoms with E-state index in [-0.39, 0.29) is 5.57 Å². The summed E-state index contributed by atoms with van der Waals surface area (Å²) in [5.41, 5.74) is 0.910. The number of Topliss-reactive ketones (excluding diaryl/α,β-unsaturated/α-hetero) is 1. The quantitative estimate of drug-likeness (QED) is 0.384. The molecular formula is C24H16F2N2O4. The molecule has 3 aromatic rings. The van der Waals surface area contributed by atoms with E-state index in [9.17, 15) is 23.5 Å². The topological polar surface area (TPSA) is 79.7 Å². The van der Waals surface area contributed by atoms with E-state index in [1.807, 2.05) is 0 Å². The molecule has 0 saturated carbocycles. The minimum absolute atomic E-state index is 0.231. The van der Waals surface area contributed by atoms with Crippen molar-refractivity contribution in [2.24, 2.45) is 0 Å². The highest BCUT2D eigenvalue weighted by molar-refractivity contribution is 6.51. The summed E-state index contributed by atoms with van der Waals surface area (Å²) in [6.45, 7) is 0.512. The van der Waals surface area contributed by atoms with Crippen molar-refractivity contribution in [2.75, 3.05) is 11.5 Å². The number of nitrogens with zero attached hydrogens (tertiary/aromatic N) is 2. The summed E-state index contributed by atoms with van der Waals surface area (Å²) in [5.74, 6) is -3.45. The van der Waals surface area contributed by atoms with Gasteiger partial charge in [-0.15, -0.1) is 0 Å². The Morgan fingerprint density at radius 1 is 1.12 bits per heavy atom. The Bertz CT molecular complexity index is 1290. The second-order valence-electron chi connectivity index (χ2n) is 7.47. The maximum Gasteiger partial charge on any atom is 0.300 e. The number of anilines is 1. The van der Waals surface area contributed by atoms with E-state index in [1.165, 1.54) is 12.4 Å². The first-order valence-electron chi connectivity index (χ1n) is 9.88. The zero-order chi connectivity index (χ0) is 22.4. The number of carbonyl (C=O) groups excluding carboxylic acids is 2. The maximum atomic E-state index is 14.6. The normalized spacial score (nSPS) is 19.2. The molecule has 1 fully saturated rings. The van der Waals surface area contributed by atoms with Crippen LogP contribution in [0.4, 0.5) is 14.5 Å². The average molecular weight is 434 g/mol. The molecule has 0 radical (unpaired) electrons. The standard InChI is InChI=1S/C24H16F2N2O4/c25-16-4-5-17(26)18(11-16)28-21(15-2-1-8-27-12-15)20(23(30)24(28)31)22(29)14-3-6-19-13(10-14)7-9-32-19/h1-6,8,10-12,21,29H,7,9H2/b22-20-. The van der Waals surface area contributed by atoms with E-state index in [4.69, 9.17) is 4.74 Å². The summed E-state index contributed by atoms with van der Waals surface area (Å²) >= 11 is 0. The number of pyridine rings is 1. The first-order valence-corrected chi connectivity index (χ1v) is 9.88. The van der Waals surface area contributed by atoms with Crippen molar-refractivity contribution in [3.63, 3.8) is 0 Å². The van der Waals surface area contributed by atoms with Crippen LogP contribution < -0.4 is 9.64 Å². The van der Waals surface area contributed by atoms with Gasteiger partial charge in [0.15, 0.2) is 0 Å². The van der Waals surface area contributed by atoms with E-state index in [1.54, 1.807) is 30.3 Å². The molecule has 3 heterocycles. The van der Waals surface area contributed by atoms with E-state index in [2.05, 4.69) is 4.98 Å². The molecule has 1 amide bonds. The number of aliphatic hydroxyl groups is 1. The highest BCUT2D eigenvalue weighted by atomic mass is 19.1. The number of aliphatic hydroxyl groups excluding tert-OH is 1. The Hall–Kier alpha value is -4.07. The van der Waals surface area contributed by atoms with Crippen LogP contribution in [0.25, 0.3) is 5.76 Å². The van der Waals surface area contributed by atoms with Crippen LogP contribution in [0.1, 0.15) is 22.7 Å². The lowest BCUT2D eigenvalue weighted by Gasteiger charge is -2.25. The van der Waals surface area contributed by atoms with Crippen LogP contribution in [0.5, 0.6) is 5.75 Å². The van der Waals surface area contributed by atoms with Crippen molar-refractivity contribution in [3.05, 3.63) is 94.8 Å². The molecule has 2 aliphatic heterocycles. The molecule has 6 nitrogen and oxygen atoms in total. The smallest absolute Gasteiger partial charge is 0.300 e. The Morgan fingerprint density at radius 2 is 1.97 bits per heavy atom. The van der Waals surface area contributed by atoms with Crippen LogP contribution >= 0.6 is 0 Å². The molecule has 0 aliphatic carbocycles. The summed E-state index contributed by atoms with van der Waals surface area (Å²) < 4.78 is 34.0. The highest BCUT2D eigenvalue weighted by Gasteiger charge is 2.48. The number of fused-ring (bicyclic) bond motifs is 1. The van der Waals surface area contributed by atoms with E-state index in [0.29, 0.717) is 29.9 Å². The molecule has 1 aromatic heterocycles. The van der Waals surface area contributed by atoms with Crippen LogP contribution in [0.15, 0.2) is 66.5 Å². The number of hydrogen-bond donors (Lipinski definition) is 1. The average Bonchev–Trinajstić information content (AvgIpc) is 3.38. The number of hydrogen-bond acceptors (Lipinski definition) is 5. The number of carbonyl (C=O) groups is 2. The van der Waals surface area contributed by atoms with Crippen LogP contribution in [-0.4, -0.2) is 28.4 Å². The fraction of sp³-hybridized carbons (Fsp3) is 0.125. The summed E-state index contributed by atoms with van der Waals surface area (Å²) in [7, 11) is 0. The number of ketones is 1. The van der Waals surface area contributed by atoms with Crippen LogP contribution in [0.2, 0.25) is 0 Å². The van der Waals surface area contributed by atoms with Crippen molar-refractivity contribution in [1.29, 1.82) is 0 Å². The number of amides is 1. The third-order valence-electron chi connectivity index (χ3n) is 5.58. The Balaban J connectivity index is 1.73. The predicted molar refractivity (Wildman–Crippen MR) is 111 cm³/mol. The largest absolute Gasteiger partial charge is 0.507 e. The molecule has 32 heavy (non-hydrogen) atoms. The van der Waals surface area contributed by atoms with E-state index < -0.39 is 40.8 Å². The van der Waals surface area contributed by atoms with E-state index >= 15 is 0 Å². The monoisotopic (exact) mass is 434 g/mol. The minimum atomic E-state index is -1.19. The van der Waals surface area contributed by atoms with E-state index in [0.717, 1.165) is 28.7 Å². The number of benzene rings is 2. The van der Waals surface area contributed by atoms with Crippen molar-refractivity contribution in [2.45, 2.75) is 12.5 Å². The summed E-state index contributed by atoms with van der Waals surface area (Å²) in [6.07, 6.45) is 3.55. The van der Waals surface area contributed by atoms with Crippen molar-refractivity contribution in [1.82, 2.24) is 4.98 Å². The van der Waals surface area contributed by atoms with Gasteiger partial charge in [-0.05, 0) is 47.5 Å². The van der Waals surface area contributed by atoms with Gasteiger partial charge in [0, 0.05) is 30.4 Å². The lowest BCUT2D eigenvalue weighted by atomic mass is 9.95. The zero-order valence-corrected chi connectivity index (χ0v) is 16.6. The van der Waals surface area contributed by atoms with Crippen LogP contribution in [0.3, 0.4) is 0 Å². The molecule has 2 aromatic carbocycles. The molecule has 1 N–H and O–H groups in total. The summed E-state index contributed by atoms with van der Waals surface area (Å²) in [5, 5.41) is 11.1. The van der Waals surface area contributed by atoms with Crippen molar-refractivity contribution < 1.29 is 28.2 Å². The summed E-state index contributed by atoms with van der Waals surface area (Å²) in [4.78, 5) is 30.9. The molecule has 1 atom stereocenters. The van der Waals surface area contributed by atoms with Gasteiger partial charge >= 0.3 is 0 Å². The van der Waals surface area contributed by atoms with Gasteiger partial charge in [0.25, 0.3) is 11.7 Å². The predicted octanol–water partition coefficient (Wildman–Crippen LogP) is 3.92. The molecule has 1 saturated heterocycles. The molecule has 2 aliphatic rings. The fourth-order valence-electron chi connectivity index (χ4n) is 4.09. The number of halogens is 2. The lowest BCUT2D eigenvalue weighted by Crippen LogP contribution is -2.30. The Morgan fingerprint density at radius 3 is 2.75 bits per heavy atom. The van der Waals surface area contributed by atoms with Gasteiger partial charge in [-0.3, -0.25) is 19.5 Å². The van der Waals surface area contributed by atoms with Crippen molar-refractivity contribution in [3.8, 4) is 5.75 Å². The number of rotatable bonds is 3. The zero-order valence-electron chi connectivity index (χ0n) is 16.6. The van der Waals surface area contributed by atoms with Gasteiger partial charge < -0.3 is 9.84 Å². The van der Waals surface area contributed by atoms with Gasteiger partial charge in [-0.1, -0.05) is 6.07 Å². The lowest BCUT2D eigenvalue weighted by molar-refractivity contribution is -0.132. The number of ether oxygens (including phenoxy) is 1. The Labute approximate surface area is 181 Å². The number of aromatic nitrogens is 1. The van der Waals surface area contributed by atoms with Gasteiger partial charge in [-0.2, -0.15) is 0 Å². The van der Waals surface area contributed by atoms with Crippen LogP contribution in [0, 0.1) is 11.6 Å². The summed E-state index contributed by atoms with van der Waals surface area (Å²) in [6, 6.07) is 9.58. The molecular weight excluding hydrogens is 418 g/mol. The molecule has 1 unspecified atom stereocenters. The van der Waals surface area contributed by atoms with Crippen LogP contribution in [-0.2, 0) is 16.0 Å². The third kappa shape index (κ3) is 3.11.